The van der Waals surface area contributed by atoms with Gasteiger partial charge in [0.05, 0.1) is 34.3 Å². The average molecular weight is 408 g/mol. The highest BCUT2D eigenvalue weighted by atomic mass is 32.2. The smallest absolute Gasteiger partial charge is 0.241 e. The molecule has 3 heterocycles. The van der Waals surface area contributed by atoms with Gasteiger partial charge in [0.15, 0.2) is 0 Å². The highest BCUT2D eigenvalue weighted by Gasteiger charge is 2.20. The van der Waals surface area contributed by atoms with E-state index in [0.717, 1.165) is 48.2 Å². The summed E-state index contributed by atoms with van der Waals surface area (Å²) in [5.74, 6) is 1.33. The Bertz CT molecular complexity index is 1290. The van der Waals surface area contributed by atoms with Gasteiger partial charge in [0, 0.05) is 18.5 Å². The monoisotopic (exact) mass is 408 g/mol. The number of nitrogens with zero attached hydrogens (tertiary/aromatic N) is 4. The molecule has 1 saturated heterocycles. The van der Waals surface area contributed by atoms with Crippen LogP contribution in [0.3, 0.4) is 0 Å². The number of nitrogens with one attached hydrogen (secondary N) is 2. The average Bonchev–Trinajstić information content (AvgIpc) is 3.43. The minimum atomic E-state index is -3.70. The van der Waals surface area contributed by atoms with Gasteiger partial charge in [0.1, 0.15) is 11.6 Å². The van der Waals surface area contributed by atoms with Crippen molar-refractivity contribution in [2.75, 3.05) is 18.0 Å². The molecule has 0 bridgehead atoms. The fourth-order valence-corrected chi connectivity index (χ4v) is 4.69. The van der Waals surface area contributed by atoms with Gasteiger partial charge in [-0.15, -0.1) is 0 Å². The lowest BCUT2D eigenvalue weighted by atomic mass is 10.2. The maximum absolute atomic E-state index is 12.8. The number of hydrogen-bond acceptors (Lipinski definition) is 6. The van der Waals surface area contributed by atoms with Crippen LogP contribution < -0.4 is 9.62 Å². The van der Waals surface area contributed by atoms with Gasteiger partial charge < -0.3 is 9.88 Å². The molecule has 1 fully saturated rings. The molecule has 0 atom stereocenters. The van der Waals surface area contributed by atoms with Crippen molar-refractivity contribution >= 4 is 37.8 Å². The Morgan fingerprint density at radius 3 is 2.72 bits per heavy atom. The molecule has 0 amide bonds. The van der Waals surface area contributed by atoms with E-state index in [1.807, 2.05) is 24.3 Å². The molecule has 9 heteroatoms. The number of benzene rings is 2. The number of sulfonamides is 1. The van der Waals surface area contributed by atoms with Crippen molar-refractivity contribution in [2.45, 2.75) is 24.3 Å². The molecule has 2 N–H and O–H groups in total. The molecule has 1 aliphatic heterocycles. The lowest BCUT2D eigenvalue weighted by Gasteiger charge is -2.19. The molecule has 2 aromatic carbocycles. The normalized spacial score (nSPS) is 14.8. The summed E-state index contributed by atoms with van der Waals surface area (Å²) in [7, 11) is -3.70. The number of fused-ring (bicyclic) bond motifs is 2. The van der Waals surface area contributed by atoms with E-state index in [9.17, 15) is 8.42 Å². The quantitative estimate of drug-likeness (QED) is 0.526. The standard InChI is InChI=1S/C20H20N6O2S/c27-29(28,14-7-8-17-18(11-14)22-13-21-17)23-12-19-24-16-6-2-1-5-15(16)20(25-19)26-9-3-4-10-26/h1-2,5-8,11,13,23H,3-4,9-10,12H2,(H,21,22). The topological polar surface area (TPSA) is 104 Å². The molecule has 5 rings (SSSR count). The summed E-state index contributed by atoms with van der Waals surface area (Å²) < 4.78 is 28.2. The first-order valence-electron chi connectivity index (χ1n) is 9.54. The molecule has 0 unspecified atom stereocenters. The van der Waals surface area contributed by atoms with E-state index in [4.69, 9.17) is 4.98 Å². The summed E-state index contributed by atoms with van der Waals surface area (Å²) in [5.41, 5.74) is 2.21. The Balaban J connectivity index is 1.45. The Morgan fingerprint density at radius 1 is 1.03 bits per heavy atom. The van der Waals surface area contributed by atoms with Gasteiger partial charge in [0.2, 0.25) is 10.0 Å². The molecule has 4 aromatic rings. The third-order valence-electron chi connectivity index (χ3n) is 5.16. The second-order valence-corrected chi connectivity index (χ2v) is 8.85. The van der Waals surface area contributed by atoms with E-state index >= 15 is 0 Å². The molecule has 148 valence electrons. The van der Waals surface area contributed by atoms with Gasteiger partial charge in [-0.2, -0.15) is 0 Å². The van der Waals surface area contributed by atoms with Crippen LogP contribution in [0.4, 0.5) is 5.82 Å². The number of hydrogen-bond donors (Lipinski definition) is 2. The largest absolute Gasteiger partial charge is 0.356 e. The molecular weight excluding hydrogens is 388 g/mol. The van der Waals surface area contributed by atoms with Gasteiger partial charge >= 0.3 is 0 Å². The number of anilines is 1. The van der Waals surface area contributed by atoms with Crippen LogP contribution >= 0.6 is 0 Å². The zero-order valence-electron chi connectivity index (χ0n) is 15.7. The lowest BCUT2D eigenvalue weighted by Crippen LogP contribution is -2.25. The molecule has 2 aromatic heterocycles. The van der Waals surface area contributed by atoms with Crippen LogP contribution in [-0.4, -0.2) is 41.4 Å². The summed E-state index contributed by atoms with van der Waals surface area (Å²) >= 11 is 0. The van der Waals surface area contributed by atoms with Crippen LogP contribution in [-0.2, 0) is 16.6 Å². The van der Waals surface area contributed by atoms with Crippen molar-refractivity contribution in [3.63, 3.8) is 0 Å². The SMILES string of the molecule is O=S(=O)(NCc1nc(N2CCCC2)c2ccccc2n1)c1ccc2nc[nH]c2c1. The lowest BCUT2D eigenvalue weighted by molar-refractivity contribution is 0.579. The van der Waals surface area contributed by atoms with Crippen LogP contribution in [0.5, 0.6) is 0 Å². The second-order valence-electron chi connectivity index (χ2n) is 7.08. The van der Waals surface area contributed by atoms with E-state index in [2.05, 4.69) is 24.6 Å². The number of para-hydroxylation sites is 1. The van der Waals surface area contributed by atoms with Gasteiger partial charge in [-0.1, -0.05) is 12.1 Å². The summed E-state index contributed by atoms with van der Waals surface area (Å²) in [6, 6.07) is 12.6. The first kappa shape index (κ1) is 18.0. The van der Waals surface area contributed by atoms with Crippen LogP contribution in [0.25, 0.3) is 21.9 Å². The molecule has 8 nitrogen and oxygen atoms in total. The van der Waals surface area contributed by atoms with Crippen LogP contribution in [0.1, 0.15) is 18.7 Å². The molecule has 1 aliphatic rings. The third-order valence-corrected chi connectivity index (χ3v) is 6.56. The van der Waals surface area contributed by atoms with E-state index in [1.54, 1.807) is 18.2 Å². The molecule has 0 spiro atoms. The van der Waals surface area contributed by atoms with Gasteiger partial charge in [-0.05, 0) is 43.2 Å². The fraction of sp³-hybridized carbons (Fsp3) is 0.250. The van der Waals surface area contributed by atoms with Crippen molar-refractivity contribution in [3.8, 4) is 0 Å². The number of H-pyrrole nitrogens is 1. The number of aromatic nitrogens is 4. The number of rotatable bonds is 5. The van der Waals surface area contributed by atoms with E-state index < -0.39 is 10.0 Å². The zero-order chi connectivity index (χ0) is 19.8. The van der Waals surface area contributed by atoms with Crippen molar-refractivity contribution in [2.24, 2.45) is 0 Å². The maximum Gasteiger partial charge on any atom is 0.241 e. The Morgan fingerprint density at radius 2 is 1.86 bits per heavy atom. The van der Waals surface area contributed by atoms with Gasteiger partial charge in [-0.3, -0.25) is 0 Å². The summed E-state index contributed by atoms with van der Waals surface area (Å²) in [6.07, 6.45) is 3.81. The number of imidazole rings is 1. The second kappa shape index (κ2) is 7.09. The molecular formula is C20H20N6O2S. The van der Waals surface area contributed by atoms with Crippen molar-refractivity contribution in [3.05, 3.63) is 54.6 Å². The van der Waals surface area contributed by atoms with Gasteiger partial charge in [-0.25, -0.2) is 28.1 Å². The summed E-state index contributed by atoms with van der Waals surface area (Å²) in [5, 5.41) is 0.991. The third kappa shape index (κ3) is 3.43. The van der Waals surface area contributed by atoms with Gasteiger partial charge in [0.25, 0.3) is 0 Å². The minimum Gasteiger partial charge on any atom is -0.356 e. The summed E-state index contributed by atoms with van der Waals surface area (Å²) in [4.78, 5) is 18.7. The van der Waals surface area contributed by atoms with Crippen molar-refractivity contribution < 1.29 is 8.42 Å². The minimum absolute atomic E-state index is 0.0228. The predicted octanol–water partition coefficient (Wildman–Crippen LogP) is 2.58. The first-order chi connectivity index (χ1) is 14.1. The van der Waals surface area contributed by atoms with Crippen LogP contribution in [0, 0.1) is 0 Å². The van der Waals surface area contributed by atoms with E-state index in [1.165, 1.54) is 6.33 Å². The highest BCUT2D eigenvalue weighted by Crippen LogP contribution is 2.27. The fourth-order valence-electron chi connectivity index (χ4n) is 3.68. The summed E-state index contributed by atoms with van der Waals surface area (Å²) in [6.45, 7) is 1.93. The highest BCUT2D eigenvalue weighted by molar-refractivity contribution is 7.89. The predicted molar refractivity (Wildman–Crippen MR) is 111 cm³/mol. The molecule has 0 saturated carbocycles. The molecule has 0 aliphatic carbocycles. The zero-order valence-corrected chi connectivity index (χ0v) is 16.5. The number of aromatic amines is 1. The maximum atomic E-state index is 12.8. The van der Waals surface area contributed by atoms with Crippen molar-refractivity contribution in [1.82, 2.24) is 24.7 Å². The Hall–Kier alpha value is -3.04. The van der Waals surface area contributed by atoms with E-state index in [-0.39, 0.29) is 11.4 Å². The molecule has 29 heavy (non-hydrogen) atoms. The van der Waals surface area contributed by atoms with Crippen LogP contribution in [0.2, 0.25) is 0 Å². The van der Waals surface area contributed by atoms with Crippen molar-refractivity contribution in [1.29, 1.82) is 0 Å². The van der Waals surface area contributed by atoms with Crippen LogP contribution in [0.15, 0.2) is 53.7 Å². The van der Waals surface area contributed by atoms with E-state index in [0.29, 0.717) is 11.3 Å². The Labute approximate surface area is 168 Å². The first-order valence-corrected chi connectivity index (χ1v) is 11.0. The Kier molecular flexibility index (Phi) is 4.40. The molecule has 0 radical (unpaired) electrons.